The van der Waals surface area contributed by atoms with Gasteiger partial charge in [-0.15, -0.1) is 0 Å². The van der Waals surface area contributed by atoms with Gasteiger partial charge in [-0.3, -0.25) is 14.9 Å². The fourth-order valence-corrected chi connectivity index (χ4v) is 7.34. The van der Waals surface area contributed by atoms with E-state index in [1.165, 1.54) is 44.2 Å². The van der Waals surface area contributed by atoms with E-state index < -0.39 is 11.5 Å². The number of halogens is 2. The Kier molecular flexibility index (Phi) is 7.72. The van der Waals surface area contributed by atoms with Crippen molar-refractivity contribution in [1.29, 1.82) is 0 Å². The molecule has 37 heavy (non-hydrogen) atoms. The monoisotopic (exact) mass is 535 g/mol. The Morgan fingerprint density at radius 3 is 2.38 bits per heavy atom. The minimum Gasteiger partial charge on any atom is -0.484 e. The lowest BCUT2D eigenvalue weighted by molar-refractivity contribution is -0.158. The topological polar surface area (TPSA) is 88.7 Å². The molecule has 2 unspecified atom stereocenters. The van der Waals surface area contributed by atoms with Crippen LogP contribution in [0.15, 0.2) is 18.2 Å². The zero-order chi connectivity index (χ0) is 26.1. The zero-order valence-corrected chi connectivity index (χ0v) is 22.4. The van der Waals surface area contributed by atoms with Gasteiger partial charge in [-0.1, -0.05) is 43.7 Å². The SMILES string of the molecule is COC1(C2CCCCCCC2)CCCC(C(=O)NC23CC(NC(=O)COc4ccc(Cl)c(F)c4)(C2)C3)N1. The first kappa shape index (κ1) is 26.7. The lowest BCUT2D eigenvalue weighted by Gasteiger charge is -2.70. The van der Waals surface area contributed by atoms with Crippen LogP contribution in [-0.2, 0) is 14.3 Å². The van der Waals surface area contributed by atoms with Crippen molar-refractivity contribution < 1.29 is 23.5 Å². The van der Waals surface area contributed by atoms with Crippen LogP contribution in [0.3, 0.4) is 0 Å². The summed E-state index contributed by atoms with van der Waals surface area (Å²) in [5.74, 6) is -0.109. The molecule has 2 amide bonds. The molecule has 9 heteroatoms. The lowest BCUT2D eigenvalue weighted by atomic mass is 9.44. The third-order valence-corrected chi connectivity index (χ3v) is 9.30. The van der Waals surface area contributed by atoms with E-state index >= 15 is 0 Å². The number of nitrogens with one attached hydrogen (secondary N) is 3. The van der Waals surface area contributed by atoms with E-state index in [4.69, 9.17) is 21.1 Å². The highest BCUT2D eigenvalue weighted by Gasteiger charge is 2.69. The van der Waals surface area contributed by atoms with E-state index in [-0.39, 0.29) is 46.3 Å². The Labute approximate surface area is 223 Å². The van der Waals surface area contributed by atoms with Gasteiger partial charge in [0.2, 0.25) is 5.91 Å². The molecule has 5 aliphatic rings. The zero-order valence-electron chi connectivity index (χ0n) is 21.7. The van der Waals surface area contributed by atoms with Crippen LogP contribution in [0, 0.1) is 11.7 Å². The molecule has 0 spiro atoms. The Morgan fingerprint density at radius 2 is 1.70 bits per heavy atom. The Bertz CT molecular complexity index is 995. The second kappa shape index (κ2) is 10.7. The molecule has 3 N–H and O–H groups in total. The Balaban J connectivity index is 1.09. The van der Waals surface area contributed by atoms with Crippen molar-refractivity contribution in [3.63, 3.8) is 0 Å². The van der Waals surface area contributed by atoms with Gasteiger partial charge in [-0.25, -0.2) is 4.39 Å². The highest BCUT2D eigenvalue weighted by molar-refractivity contribution is 6.30. The van der Waals surface area contributed by atoms with E-state index in [0.29, 0.717) is 5.92 Å². The van der Waals surface area contributed by atoms with E-state index in [0.717, 1.165) is 57.4 Å². The summed E-state index contributed by atoms with van der Waals surface area (Å²) in [7, 11) is 1.78. The average molecular weight is 536 g/mol. The standard InChI is InChI=1S/C28H39ClFN3O4/c1-36-28(19-8-5-3-2-4-6-9-19)13-7-10-23(31-28)25(35)33-27-16-26(17-27,18-27)32-24(34)15-37-20-11-12-21(29)22(30)14-20/h11-12,14,19,23,31H,2-10,13,15-18H2,1H3,(H,32,34)(H,33,35). The highest BCUT2D eigenvalue weighted by Crippen LogP contribution is 2.60. The van der Waals surface area contributed by atoms with E-state index in [1.54, 1.807) is 7.11 Å². The number of carbonyl (C=O) groups excluding carboxylic acids is 2. The second-order valence-electron chi connectivity index (χ2n) is 11.7. The fourth-order valence-electron chi connectivity index (χ4n) is 7.23. The molecule has 1 aromatic rings. The molecule has 1 aliphatic heterocycles. The number of piperidine rings is 1. The van der Waals surface area contributed by atoms with Gasteiger partial charge in [0.25, 0.3) is 5.91 Å². The van der Waals surface area contributed by atoms with Crippen LogP contribution in [0.1, 0.15) is 83.5 Å². The number of benzene rings is 1. The molecule has 1 aromatic carbocycles. The van der Waals surface area contributed by atoms with Crippen molar-refractivity contribution in [2.45, 2.75) is 106 Å². The number of carbonyl (C=O) groups is 2. The Hall–Kier alpha value is -1.90. The molecular formula is C28H39ClFN3O4. The summed E-state index contributed by atoms with van der Waals surface area (Å²) < 4.78 is 25.1. The predicted molar refractivity (Wildman–Crippen MR) is 139 cm³/mol. The second-order valence-corrected chi connectivity index (χ2v) is 12.1. The smallest absolute Gasteiger partial charge is 0.258 e. The van der Waals surface area contributed by atoms with Gasteiger partial charge in [-0.05, 0) is 63.5 Å². The molecule has 7 nitrogen and oxygen atoms in total. The molecule has 0 aromatic heterocycles. The number of hydrogen-bond acceptors (Lipinski definition) is 5. The summed E-state index contributed by atoms with van der Waals surface area (Å²) in [4.78, 5) is 25.7. The van der Waals surface area contributed by atoms with Gasteiger partial charge < -0.3 is 20.1 Å². The van der Waals surface area contributed by atoms with Gasteiger partial charge in [0.1, 0.15) is 17.3 Å². The minimum atomic E-state index is -0.587. The van der Waals surface area contributed by atoms with Crippen molar-refractivity contribution in [2.24, 2.45) is 5.92 Å². The minimum absolute atomic E-state index is 0.00851. The van der Waals surface area contributed by atoms with Gasteiger partial charge in [0, 0.05) is 30.2 Å². The van der Waals surface area contributed by atoms with Crippen molar-refractivity contribution in [2.75, 3.05) is 13.7 Å². The maximum atomic E-state index is 13.6. The van der Waals surface area contributed by atoms with Crippen LogP contribution in [0.4, 0.5) is 4.39 Å². The molecule has 4 saturated carbocycles. The normalized spacial score (nSPS) is 33.8. The number of hydrogen-bond donors (Lipinski definition) is 3. The highest BCUT2D eigenvalue weighted by atomic mass is 35.5. The molecule has 5 fully saturated rings. The molecule has 1 heterocycles. The maximum absolute atomic E-state index is 13.6. The molecule has 2 atom stereocenters. The quantitative estimate of drug-likeness (QED) is 0.452. The lowest BCUT2D eigenvalue weighted by Crippen LogP contribution is -2.84. The molecule has 0 radical (unpaired) electrons. The fraction of sp³-hybridized carbons (Fsp3) is 0.714. The van der Waals surface area contributed by atoms with E-state index in [2.05, 4.69) is 16.0 Å². The number of rotatable bonds is 8. The van der Waals surface area contributed by atoms with Gasteiger partial charge in [-0.2, -0.15) is 0 Å². The van der Waals surface area contributed by atoms with Crippen molar-refractivity contribution in [3.05, 3.63) is 29.0 Å². The van der Waals surface area contributed by atoms with Crippen LogP contribution in [0.25, 0.3) is 0 Å². The first-order chi connectivity index (χ1) is 17.8. The van der Waals surface area contributed by atoms with E-state index in [9.17, 15) is 14.0 Å². The Morgan fingerprint density at radius 1 is 1.03 bits per heavy atom. The number of amides is 2. The predicted octanol–water partition coefficient (Wildman–Crippen LogP) is 4.61. The van der Waals surface area contributed by atoms with Crippen LogP contribution >= 0.6 is 11.6 Å². The van der Waals surface area contributed by atoms with Crippen LogP contribution in [-0.4, -0.2) is 48.4 Å². The van der Waals surface area contributed by atoms with Crippen molar-refractivity contribution >= 4 is 23.4 Å². The summed E-state index contributed by atoms with van der Waals surface area (Å²) in [6, 6.07) is 3.83. The van der Waals surface area contributed by atoms with Crippen LogP contribution < -0.4 is 20.7 Å². The maximum Gasteiger partial charge on any atom is 0.258 e. The van der Waals surface area contributed by atoms with Gasteiger partial charge in [0.05, 0.1) is 11.1 Å². The molecule has 204 valence electrons. The van der Waals surface area contributed by atoms with Crippen LogP contribution in [0.5, 0.6) is 5.75 Å². The summed E-state index contributed by atoms with van der Waals surface area (Å²) in [5.41, 5.74) is -0.938. The third kappa shape index (κ3) is 5.62. The summed E-state index contributed by atoms with van der Waals surface area (Å²) in [5, 5.41) is 9.98. The number of methoxy groups -OCH3 is 1. The molecule has 2 bridgehead atoms. The molecular weight excluding hydrogens is 497 g/mol. The summed E-state index contributed by atoms with van der Waals surface area (Å²) >= 11 is 5.68. The first-order valence-electron chi connectivity index (χ1n) is 13.8. The van der Waals surface area contributed by atoms with Gasteiger partial charge >= 0.3 is 0 Å². The van der Waals surface area contributed by atoms with Crippen molar-refractivity contribution in [1.82, 2.24) is 16.0 Å². The summed E-state index contributed by atoms with van der Waals surface area (Å²) in [6.45, 7) is -0.200. The van der Waals surface area contributed by atoms with Crippen LogP contribution in [0.2, 0.25) is 5.02 Å². The van der Waals surface area contributed by atoms with E-state index in [1.807, 2.05) is 0 Å². The molecule has 1 saturated heterocycles. The number of ether oxygens (including phenoxy) is 2. The third-order valence-electron chi connectivity index (χ3n) is 8.99. The average Bonchev–Trinajstić information content (AvgIpc) is 2.82. The van der Waals surface area contributed by atoms with Crippen molar-refractivity contribution in [3.8, 4) is 5.75 Å². The summed E-state index contributed by atoms with van der Waals surface area (Å²) in [6.07, 6.45) is 13.5. The van der Waals surface area contributed by atoms with Gasteiger partial charge in [0.15, 0.2) is 6.61 Å². The molecule has 4 aliphatic carbocycles. The molecule has 6 rings (SSSR count). The first-order valence-corrected chi connectivity index (χ1v) is 14.2. The largest absolute Gasteiger partial charge is 0.484 e.